The number of rotatable bonds is 8. The maximum absolute atomic E-state index is 11.8. The van der Waals surface area contributed by atoms with Crippen LogP contribution < -0.4 is 4.90 Å². The van der Waals surface area contributed by atoms with E-state index in [-0.39, 0.29) is 18.1 Å². The molecule has 0 unspecified atom stereocenters. The molecule has 0 aliphatic heterocycles. The van der Waals surface area contributed by atoms with Gasteiger partial charge < -0.3 is 14.4 Å². The minimum Gasteiger partial charge on any atom is -0.461 e. The van der Waals surface area contributed by atoms with Crippen molar-refractivity contribution in [2.24, 2.45) is 0 Å². The van der Waals surface area contributed by atoms with E-state index in [1.54, 1.807) is 14.0 Å². The molecular formula is C13H20N2O4S. The van der Waals surface area contributed by atoms with Crippen LogP contribution in [0.5, 0.6) is 0 Å². The molecule has 1 aromatic heterocycles. The smallest absolute Gasteiger partial charge is 0.358 e. The molecule has 0 spiro atoms. The highest BCUT2D eigenvalue weighted by atomic mass is 32.1. The van der Waals surface area contributed by atoms with Crippen molar-refractivity contribution in [3.05, 3.63) is 10.6 Å². The molecule has 0 N–H and O–H groups in total. The number of ether oxygens (including phenoxy) is 2. The standard InChI is InChI=1S/C13H20N2O4S/c1-5-19-12(17)10-11(9(2)16)20-13(14-10)15(3)7-6-8-18-4/h5-8H2,1-4H3. The molecule has 20 heavy (non-hydrogen) atoms. The van der Waals surface area contributed by atoms with Gasteiger partial charge >= 0.3 is 5.97 Å². The summed E-state index contributed by atoms with van der Waals surface area (Å²) in [7, 11) is 3.52. The van der Waals surface area contributed by atoms with Gasteiger partial charge in [0.1, 0.15) is 4.88 Å². The molecule has 0 aliphatic rings. The SMILES string of the molecule is CCOC(=O)c1nc(N(C)CCCOC)sc1C(C)=O. The van der Waals surface area contributed by atoms with Gasteiger partial charge in [-0.1, -0.05) is 11.3 Å². The molecule has 0 amide bonds. The first-order valence-corrected chi connectivity index (χ1v) is 7.21. The zero-order valence-corrected chi connectivity index (χ0v) is 13.1. The molecule has 0 aliphatic carbocycles. The van der Waals surface area contributed by atoms with E-state index in [0.29, 0.717) is 16.6 Å². The summed E-state index contributed by atoms with van der Waals surface area (Å²) in [6.07, 6.45) is 0.844. The van der Waals surface area contributed by atoms with Gasteiger partial charge in [0, 0.05) is 34.2 Å². The Labute approximate surface area is 122 Å². The molecule has 0 atom stereocenters. The fourth-order valence-corrected chi connectivity index (χ4v) is 2.53. The number of aromatic nitrogens is 1. The highest BCUT2D eigenvalue weighted by molar-refractivity contribution is 7.17. The van der Waals surface area contributed by atoms with Crippen molar-refractivity contribution < 1.29 is 19.1 Å². The van der Waals surface area contributed by atoms with E-state index < -0.39 is 5.97 Å². The molecule has 0 saturated carbocycles. The largest absolute Gasteiger partial charge is 0.461 e. The lowest BCUT2D eigenvalue weighted by molar-refractivity contribution is 0.0517. The first-order valence-electron chi connectivity index (χ1n) is 6.40. The van der Waals surface area contributed by atoms with Crippen molar-refractivity contribution in [2.75, 3.05) is 38.8 Å². The molecule has 6 nitrogen and oxygen atoms in total. The van der Waals surface area contributed by atoms with Crippen LogP contribution in [-0.2, 0) is 9.47 Å². The highest BCUT2D eigenvalue weighted by Gasteiger charge is 2.23. The molecule has 7 heteroatoms. The van der Waals surface area contributed by atoms with Crippen LogP contribution >= 0.6 is 11.3 Å². The molecule has 1 rings (SSSR count). The van der Waals surface area contributed by atoms with Gasteiger partial charge in [0.25, 0.3) is 0 Å². The van der Waals surface area contributed by atoms with E-state index in [4.69, 9.17) is 9.47 Å². The number of hydrogen-bond donors (Lipinski definition) is 0. The van der Waals surface area contributed by atoms with Gasteiger partial charge in [-0.3, -0.25) is 4.79 Å². The first kappa shape index (κ1) is 16.6. The predicted octanol–water partition coefficient (Wildman–Crippen LogP) is 2.00. The molecule has 0 saturated heterocycles. The predicted molar refractivity (Wildman–Crippen MR) is 77.8 cm³/mol. The number of esters is 1. The zero-order valence-electron chi connectivity index (χ0n) is 12.3. The summed E-state index contributed by atoms with van der Waals surface area (Å²) in [6.45, 7) is 4.79. The number of ketones is 1. The molecule has 1 heterocycles. The van der Waals surface area contributed by atoms with E-state index in [0.717, 1.165) is 13.0 Å². The number of Topliss-reactive ketones (excluding diaryl/α,β-unsaturated/α-hetero) is 1. The third-order valence-electron chi connectivity index (χ3n) is 2.57. The van der Waals surface area contributed by atoms with E-state index in [1.165, 1.54) is 18.3 Å². The molecular weight excluding hydrogens is 280 g/mol. The van der Waals surface area contributed by atoms with Crippen molar-refractivity contribution in [1.82, 2.24) is 4.98 Å². The Morgan fingerprint density at radius 2 is 2.10 bits per heavy atom. The van der Waals surface area contributed by atoms with E-state index in [9.17, 15) is 9.59 Å². The average Bonchev–Trinajstić information content (AvgIpc) is 2.84. The monoisotopic (exact) mass is 300 g/mol. The van der Waals surface area contributed by atoms with Crippen molar-refractivity contribution in [1.29, 1.82) is 0 Å². The summed E-state index contributed by atoms with van der Waals surface area (Å²) in [5, 5.41) is 0.634. The Morgan fingerprint density at radius 3 is 2.65 bits per heavy atom. The summed E-state index contributed by atoms with van der Waals surface area (Å²) in [6, 6.07) is 0. The second kappa shape index (κ2) is 7.96. The van der Waals surface area contributed by atoms with Crippen LogP contribution in [0.25, 0.3) is 0 Å². The van der Waals surface area contributed by atoms with Crippen LogP contribution in [-0.4, -0.2) is 50.7 Å². The molecule has 0 radical (unpaired) electrons. The maximum atomic E-state index is 11.8. The van der Waals surface area contributed by atoms with Crippen molar-refractivity contribution >= 4 is 28.2 Å². The summed E-state index contributed by atoms with van der Waals surface area (Å²) >= 11 is 1.21. The zero-order chi connectivity index (χ0) is 15.1. The topological polar surface area (TPSA) is 68.7 Å². The lowest BCUT2D eigenvalue weighted by Gasteiger charge is -2.14. The Kier molecular flexibility index (Phi) is 6.60. The normalized spacial score (nSPS) is 10.4. The number of carbonyl (C=O) groups is 2. The highest BCUT2D eigenvalue weighted by Crippen LogP contribution is 2.26. The van der Waals surface area contributed by atoms with Crippen LogP contribution in [0.15, 0.2) is 0 Å². The lowest BCUT2D eigenvalue weighted by atomic mass is 10.3. The van der Waals surface area contributed by atoms with Crippen LogP contribution in [0.4, 0.5) is 5.13 Å². The summed E-state index contributed by atoms with van der Waals surface area (Å²) in [5.41, 5.74) is 0.109. The average molecular weight is 300 g/mol. The summed E-state index contributed by atoms with van der Waals surface area (Å²) < 4.78 is 9.92. The van der Waals surface area contributed by atoms with Gasteiger partial charge in [0.15, 0.2) is 16.6 Å². The number of thiazole rings is 1. The Balaban J connectivity index is 2.91. The number of nitrogens with zero attached hydrogens (tertiary/aromatic N) is 2. The maximum Gasteiger partial charge on any atom is 0.358 e. The van der Waals surface area contributed by atoms with Gasteiger partial charge in [-0.25, -0.2) is 9.78 Å². The molecule has 0 bridgehead atoms. The van der Waals surface area contributed by atoms with Crippen LogP contribution in [0.3, 0.4) is 0 Å². The van der Waals surface area contributed by atoms with Gasteiger partial charge in [0.2, 0.25) is 0 Å². The minimum atomic E-state index is -0.550. The van der Waals surface area contributed by atoms with Gasteiger partial charge in [-0.2, -0.15) is 0 Å². The van der Waals surface area contributed by atoms with Crippen molar-refractivity contribution in [3.8, 4) is 0 Å². The van der Waals surface area contributed by atoms with Crippen LogP contribution in [0.1, 0.15) is 40.4 Å². The summed E-state index contributed by atoms with van der Waals surface area (Å²) in [4.78, 5) is 29.9. The van der Waals surface area contributed by atoms with Gasteiger partial charge in [-0.15, -0.1) is 0 Å². The first-order chi connectivity index (χ1) is 9.51. The molecule has 0 fully saturated rings. The quantitative estimate of drug-likeness (QED) is 0.415. The lowest BCUT2D eigenvalue weighted by Crippen LogP contribution is -2.19. The Morgan fingerprint density at radius 1 is 1.40 bits per heavy atom. The summed E-state index contributed by atoms with van der Waals surface area (Å²) in [5.74, 6) is -0.729. The van der Waals surface area contributed by atoms with Gasteiger partial charge in [0.05, 0.1) is 6.61 Å². The van der Waals surface area contributed by atoms with E-state index in [1.807, 2.05) is 11.9 Å². The molecule has 1 aromatic rings. The fourth-order valence-electron chi connectivity index (χ4n) is 1.59. The molecule has 112 valence electrons. The van der Waals surface area contributed by atoms with E-state index >= 15 is 0 Å². The second-order valence-electron chi connectivity index (χ2n) is 4.22. The Hall–Kier alpha value is -1.47. The number of methoxy groups -OCH3 is 1. The Bertz CT molecular complexity index is 473. The van der Waals surface area contributed by atoms with Crippen molar-refractivity contribution in [2.45, 2.75) is 20.3 Å². The van der Waals surface area contributed by atoms with Crippen molar-refractivity contribution in [3.63, 3.8) is 0 Å². The van der Waals surface area contributed by atoms with E-state index in [2.05, 4.69) is 4.98 Å². The fraction of sp³-hybridized carbons (Fsp3) is 0.615. The number of hydrogen-bond acceptors (Lipinski definition) is 7. The second-order valence-corrected chi connectivity index (χ2v) is 5.20. The third-order valence-corrected chi connectivity index (χ3v) is 3.84. The van der Waals surface area contributed by atoms with Crippen LogP contribution in [0.2, 0.25) is 0 Å². The number of carbonyl (C=O) groups excluding carboxylic acids is 2. The molecule has 0 aromatic carbocycles. The minimum absolute atomic E-state index is 0.109. The third kappa shape index (κ3) is 4.28. The van der Waals surface area contributed by atoms with Gasteiger partial charge in [-0.05, 0) is 13.3 Å². The van der Waals surface area contributed by atoms with Crippen LogP contribution in [0, 0.1) is 0 Å². The number of anilines is 1.